The number of rotatable bonds is 3. The smallest absolute Gasteiger partial charge is 0.254 e. The minimum absolute atomic E-state index is 0.0523. The molecule has 5 rings (SSSR count). The number of nitrogens with one attached hydrogen (secondary N) is 1. The number of hydrogen-bond donors (Lipinski definition) is 1. The summed E-state index contributed by atoms with van der Waals surface area (Å²) >= 11 is 0. The molecule has 5 heteroatoms. The lowest BCUT2D eigenvalue weighted by Crippen LogP contribution is -2.40. The van der Waals surface area contributed by atoms with Crippen molar-refractivity contribution in [2.45, 2.75) is 6.92 Å². The molecule has 2 aromatic heterocycles. The van der Waals surface area contributed by atoms with Gasteiger partial charge in [0.05, 0.1) is 13.2 Å². The van der Waals surface area contributed by atoms with Gasteiger partial charge in [-0.2, -0.15) is 0 Å². The summed E-state index contributed by atoms with van der Waals surface area (Å²) in [5, 5.41) is 1.08. The lowest BCUT2D eigenvalue weighted by Gasteiger charge is -2.27. The first-order chi connectivity index (χ1) is 14.7. The number of aromatic amines is 1. The molecular weight excluding hydrogens is 374 g/mol. The Kier molecular flexibility index (Phi) is 4.81. The molecule has 0 atom stereocenters. The number of morpholine rings is 1. The number of nitrogens with zero attached hydrogens (tertiary/aromatic N) is 2. The minimum Gasteiger partial charge on any atom is -0.378 e. The maximum atomic E-state index is 12.9. The second-order valence-corrected chi connectivity index (χ2v) is 7.62. The molecule has 0 aliphatic carbocycles. The molecule has 0 spiro atoms. The Labute approximate surface area is 175 Å². The zero-order valence-electron chi connectivity index (χ0n) is 16.9. The van der Waals surface area contributed by atoms with Crippen molar-refractivity contribution in [3.8, 4) is 22.3 Å². The highest BCUT2D eigenvalue weighted by atomic mass is 16.5. The highest BCUT2D eigenvalue weighted by Crippen LogP contribution is 2.32. The largest absolute Gasteiger partial charge is 0.378 e. The van der Waals surface area contributed by atoms with E-state index < -0.39 is 0 Å². The van der Waals surface area contributed by atoms with Crippen LogP contribution >= 0.6 is 0 Å². The predicted octanol–water partition coefficient (Wildman–Crippen LogP) is 4.68. The number of carbonyl (C=O) groups is 1. The fourth-order valence-electron chi connectivity index (χ4n) is 4.04. The van der Waals surface area contributed by atoms with Gasteiger partial charge >= 0.3 is 0 Å². The van der Waals surface area contributed by atoms with Gasteiger partial charge in [0.25, 0.3) is 5.91 Å². The number of carbonyl (C=O) groups excluding carboxylic acids is 1. The van der Waals surface area contributed by atoms with Crippen molar-refractivity contribution >= 4 is 16.9 Å². The molecule has 150 valence electrons. The van der Waals surface area contributed by atoms with E-state index >= 15 is 0 Å². The SMILES string of the molecule is Cc1ccccc1-c1c[nH]c2ncc(-c3cccc(C(=O)N4CCOCC4)c3)cc12. The molecule has 5 nitrogen and oxygen atoms in total. The normalized spacial score (nSPS) is 14.2. The van der Waals surface area contributed by atoms with E-state index in [1.54, 1.807) is 0 Å². The molecule has 1 fully saturated rings. The number of benzene rings is 2. The third-order valence-corrected chi connectivity index (χ3v) is 5.71. The molecule has 1 aliphatic rings. The zero-order valence-corrected chi connectivity index (χ0v) is 16.9. The van der Waals surface area contributed by atoms with Gasteiger partial charge in [-0.25, -0.2) is 4.98 Å². The van der Waals surface area contributed by atoms with Crippen LogP contribution in [0.3, 0.4) is 0 Å². The molecule has 4 aromatic rings. The lowest BCUT2D eigenvalue weighted by molar-refractivity contribution is 0.0303. The van der Waals surface area contributed by atoms with Crippen molar-refractivity contribution in [1.82, 2.24) is 14.9 Å². The van der Waals surface area contributed by atoms with Crippen LogP contribution in [0.25, 0.3) is 33.3 Å². The van der Waals surface area contributed by atoms with Gasteiger partial charge in [-0.3, -0.25) is 4.79 Å². The molecule has 1 aliphatic heterocycles. The van der Waals surface area contributed by atoms with Crippen molar-refractivity contribution in [1.29, 1.82) is 0 Å². The highest BCUT2D eigenvalue weighted by Gasteiger charge is 2.19. The average molecular weight is 397 g/mol. The summed E-state index contributed by atoms with van der Waals surface area (Å²) in [7, 11) is 0. The Morgan fingerprint density at radius 2 is 1.83 bits per heavy atom. The summed E-state index contributed by atoms with van der Waals surface area (Å²) in [5.41, 5.74) is 7.09. The quantitative estimate of drug-likeness (QED) is 0.546. The maximum absolute atomic E-state index is 12.9. The monoisotopic (exact) mass is 397 g/mol. The first-order valence-electron chi connectivity index (χ1n) is 10.2. The molecule has 1 amide bonds. The van der Waals surface area contributed by atoms with Crippen molar-refractivity contribution in [2.24, 2.45) is 0 Å². The van der Waals surface area contributed by atoms with Crippen LogP contribution in [0.1, 0.15) is 15.9 Å². The molecule has 30 heavy (non-hydrogen) atoms. The van der Waals surface area contributed by atoms with E-state index in [2.05, 4.69) is 41.2 Å². The third-order valence-electron chi connectivity index (χ3n) is 5.71. The second kappa shape index (κ2) is 7.76. The van der Waals surface area contributed by atoms with Crippen molar-refractivity contribution in [3.05, 3.63) is 78.1 Å². The molecule has 2 aromatic carbocycles. The summed E-state index contributed by atoms with van der Waals surface area (Å²) in [6, 6.07) is 18.3. The Morgan fingerprint density at radius 1 is 1.00 bits per heavy atom. The number of hydrogen-bond acceptors (Lipinski definition) is 3. The Morgan fingerprint density at radius 3 is 2.67 bits per heavy atom. The lowest BCUT2D eigenvalue weighted by atomic mass is 9.98. The molecule has 1 saturated heterocycles. The van der Waals surface area contributed by atoms with Crippen molar-refractivity contribution in [2.75, 3.05) is 26.3 Å². The van der Waals surface area contributed by atoms with Gasteiger partial charge in [0, 0.05) is 47.6 Å². The second-order valence-electron chi connectivity index (χ2n) is 7.62. The van der Waals surface area contributed by atoms with Gasteiger partial charge in [-0.1, -0.05) is 36.4 Å². The fraction of sp³-hybridized carbons (Fsp3) is 0.200. The van der Waals surface area contributed by atoms with E-state index in [1.165, 1.54) is 11.1 Å². The Hall–Kier alpha value is -3.44. The van der Waals surface area contributed by atoms with Crippen molar-refractivity contribution in [3.63, 3.8) is 0 Å². The number of amides is 1. The Balaban J connectivity index is 1.53. The number of pyridine rings is 1. The van der Waals surface area contributed by atoms with Gasteiger partial charge in [-0.15, -0.1) is 0 Å². The highest BCUT2D eigenvalue weighted by molar-refractivity contribution is 5.98. The first kappa shape index (κ1) is 18.6. The molecular formula is C25H23N3O2. The van der Waals surface area contributed by atoms with Crippen LogP contribution in [-0.4, -0.2) is 47.1 Å². The standard InChI is InChI=1S/C25H23N3O2/c1-17-5-2-3-8-21(17)23-16-27-24-22(23)14-20(15-26-24)18-6-4-7-19(13-18)25(29)28-9-11-30-12-10-28/h2-8,13-16H,9-12H2,1H3,(H,26,27). The summed E-state index contributed by atoms with van der Waals surface area (Å²) in [6.07, 6.45) is 3.88. The minimum atomic E-state index is 0.0523. The summed E-state index contributed by atoms with van der Waals surface area (Å²) in [6.45, 7) is 4.59. The van der Waals surface area contributed by atoms with Crippen LogP contribution in [0.5, 0.6) is 0 Å². The average Bonchev–Trinajstić information content (AvgIpc) is 3.22. The van der Waals surface area contributed by atoms with E-state index in [0.29, 0.717) is 31.9 Å². The van der Waals surface area contributed by atoms with Crippen LogP contribution in [0.15, 0.2) is 67.0 Å². The third kappa shape index (κ3) is 3.37. The van der Waals surface area contributed by atoms with Crippen LogP contribution < -0.4 is 0 Å². The predicted molar refractivity (Wildman–Crippen MR) is 118 cm³/mol. The molecule has 0 unspecified atom stereocenters. The molecule has 3 heterocycles. The van der Waals surface area contributed by atoms with Gasteiger partial charge in [0.2, 0.25) is 0 Å². The van der Waals surface area contributed by atoms with Gasteiger partial charge in [0.1, 0.15) is 5.65 Å². The fourth-order valence-corrected chi connectivity index (χ4v) is 4.04. The zero-order chi connectivity index (χ0) is 20.5. The van der Waals surface area contributed by atoms with E-state index in [0.717, 1.165) is 27.7 Å². The first-order valence-corrected chi connectivity index (χ1v) is 10.2. The van der Waals surface area contributed by atoms with Gasteiger partial charge in [0.15, 0.2) is 0 Å². The van der Waals surface area contributed by atoms with Gasteiger partial charge in [-0.05, 0) is 41.8 Å². The summed E-state index contributed by atoms with van der Waals surface area (Å²) in [5.74, 6) is 0.0523. The number of aryl methyl sites for hydroxylation is 1. The molecule has 0 radical (unpaired) electrons. The van der Waals surface area contributed by atoms with Crippen LogP contribution in [0, 0.1) is 6.92 Å². The van der Waals surface area contributed by atoms with Crippen LogP contribution in [0.4, 0.5) is 0 Å². The molecule has 0 bridgehead atoms. The van der Waals surface area contributed by atoms with E-state index in [-0.39, 0.29) is 5.91 Å². The van der Waals surface area contributed by atoms with E-state index in [1.807, 2.05) is 47.6 Å². The topological polar surface area (TPSA) is 58.2 Å². The van der Waals surface area contributed by atoms with Gasteiger partial charge < -0.3 is 14.6 Å². The Bertz CT molecular complexity index is 1220. The van der Waals surface area contributed by atoms with Crippen molar-refractivity contribution < 1.29 is 9.53 Å². The number of H-pyrrole nitrogens is 1. The number of ether oxygens (including phenoxy) is 1. The van der Waals surface area contributed by atoms with Crippen LogP contribution in [0.2, 0.25) is 0 Å². The number of aromatic nitrogens is 2. The summed E-state index contributed by atoms with van der Waals surface area (Å²) in [4.78, 5) is 22.6. The van der Waals surface area contributed by atoms with Crippen LogP contribution in [-0.2, 0) is 4.74 Å². The number of fused-ring (bicyclic) bond motifs is 1. The summed E-state index contributed by atoms with van der Waals surface area (Å²) < 4.78 is 5.36. The van der Waals surface area contributed by atoms with E-state index in [9.17, 15) is 4.79 Å². The molecule has 0 saturated carbocycles. The van der Waals surface area contributed by atoms with E-state index in [4.69, 9.17) is 4.74 Å². The maximum Gasteiger partial charge on any atom is 0.254 e. The molecule has 1 N–H and O–H groups in total.